The molecule has 0 aliphatic carbocycles. The minimum Gasteiger partial charge on any atom is -0.351 e. The molecule has 0 radical (unpaired) electrons. The van der Waals surface area contributed by atoms with Gasteiger partial charge in [0, 0.05) is 18.8 Å². The third-order valence-corrected chi connectivity index (χ3v) is 3.45. The van der Waals surface area contributed by atoms with Gasteiger partial charge in [-0.25, -0.2) is 0 Å². The van der Waals surface area contributed by atoms with Crippen molar-refractivity contribution < 1.29 is 27.3 Å². The molecule has 25 heavy (non-hydrogen) atoms. The first-order valence-electron chi connectivity index (χ1n) is 6.93. The molecule has 0 aliphatic rings. The fourth-order valence-corrected chi connectivity index (χ4v) is 2.19. The van der Waals surface area contributed by atoms with Crippen LogP contribution in [0.25, 0.3) is 0 Å². The molecule has 0 saturated heterocycles. The maximum atomic E-state index is 12.8. The van der Waals surface area contributed by atoms with Gasteiger partial charge in [0.05, 0.1) is 22.8 Å². The minimum absolute atomic E-state index is 0.0429. The number of anilines is 1. The number of nitrogens with one attached hydrogen (secondary N) is 1. The highest BCUT2D eigenvalue weighted by Gasteiger charge is 2.33. The van der Waals surface area contributed by atoms with Crippen LogP contribution in [0.5, 0.6) is 0 Å². The molecule has 1 aromatic heterocycles. The highest BCUT2D eigenvalue weighted by molar-refractivity contribution is 6.31. The van der Waals surface area contributed by atoms with Crippen LogP contribution in [0, 0.1) is 6.92 Å². The summed E-state index contributed by atoms with van der Waals surface area (Å²) in [5.41, 5.74) is -0.645. The molecule has 2 aromatic rings. The second-order valence-corrected chi connectivity index (χ2v) is 5.64. The molecular formula is C15H13ClF3N3O3. The molecule has 2 rings (SSSR count). The van der Waals surface area contributed by atoms with Crippen LogP contribution in [-0.4, -0.2) is 35.5 Å². The summed E-state index contributed by atoms with van der Waals surface area (Å²) < 4.78 is 43.2. The number of benzene rings is 1. The number of carbonyl (C=O) groups is 2. The standard InChI is InChI=1S/C15H13ClF3N3O3/c1-8-5-12(25-21-8)14(24)22(2)7-13(23)20-9-3-4-11(16)10(6-9)15(17,18)19/h3-6H,7H2,1-2H3,(H,20,23). The van der Waals surface area contributed by atoms with E-state index in [-0.39, 0.29) is 18.0 Å². The van der Waals surface area contributed by atoms with Crippen molar-refractivity contribution in [1.29, 1.82) is 0 Å². The normalized spacial score (nSPS) is 11.3. The third kappa shape index (κ3) is 4.72. The fraction of sp³-hybridized carbons (Fsp3) is 0.267. The first-order valence-corrected chi connectivity index (χ1v) is 7.31. The van der Waals surface area contributed by atoms with Gasteiger partial charge < -0.3 is 14.7 Å². The third-order valence-electron chi connectivity index (χ3n) is 3.12. The zero-order chi connectivity index (χ0) is 18.8. The van der Waals surface area contributed by atoms with E-state index >= 15 is 0 Å². The Morgan fingerprint density at radius 1 is 1.32 bits per heavy atom. The summed E-state index contributed by atoms with van der Waals surface area (Å²) in [6.45, 7) is 1.24. The van der Waals surface area contributed by atoms with Crippen molar-refractivity contribution in [2.45, 2.75) is 13.1 Å². The van der Waals surface area contributed by atoms with E-state index in [9.17, 15) is 22.8 Å². The number of aromatic nitrogens is 1. The number of likely N-dealkylation sites (N-methyl/N-ethyl adjacent to an activating group) is 1. The molecule has 6 nitrogen and oxygen atoms in total. The first kappa shape index (κ1) is 18.8. The average molecular weight is 376 g/mol. The van der Waals surface area contributed by atoms with E-state index in [1.165, 1.54) is 19.2 Å². The predicted octanol–water partition coefficient (Wildman–Crippen LogP) is 3.37. The summed E-state index contributed by atoms with van der Waals surface area (Å²) in [4.78, 5) is 25.0. The summed E-state index contributed by atoms with van der Waals surface area (Å²) in [6, 6.07) is 4.40. The lowest BCUT2D eigenvalue weighted by atomic mass is 10.2. The minimum atomic E-state index is -4.64. The van der Waals surface area contributed by atoms with E-state index in [1.807, 2.05) is 0 Å². The smallest absolute Gasteiger partial charge is 0.351 e. The molecular weight excluding hydrogens is 363 g/mol. The van der Waals surface area contributed by atoms with Crippen LogP contribution in [0.1, 0.15) is 21.8 Å². The molecule has 0 spiro atoms. The van der Waals surface area contributed by atoms with E-state index in [0.29, 0.717) is 5.69 Å². The largest absolute Gasteiger partial charge is 0.417 e. The maximum Gasteiger partial charge on any atom is 0.417 e. The van der Waals surface area contributed by atoms with Crippen molar-refractivity contribution in [3.8, 4) is 0 Å². The summed E-state index contributed by atoms with van der Waals surface area (Å²) in [7, 11) is 1.35. The van der Waals surface area contributed by atoms with Gasteiger partial charge in [0.15, 0.2) is 0 Å². The topological polar surface area (TPSA) is 75.4 Å². The number of aryl methyl sites for hydroxylation is 1. The molecule has 0 unspecified atom stereocenters. The van der Waals surface area contributed by atoms with Crippen molar-refractivity contribution in [2.24, 2.45) is 0 Å². The number of hydrogen-bond acceptors (Lipinski definition) is 4. The molecule has 1 heterocycles. The first-order chi connectivity index (χ1) is 11.6. The summed E-state index contributed by atoms with van der Waals surface area (Å²) >= 11 is 5.51. The van der Waals surface area contributed by atoms with Gasteiger partial charge in [-0.3, -0.25) is 9.59 Å². The lowest BCUT2D eigenvalue weighted by Gasteiger charge is -2.16. The van der Waals surface area contributed by atoms with Crippen LogP contribution in [0.3, 0.4) is 0 Å². The van der Waals surface area contributed by atoms with Crippen molar-refractivity contribution in [2.75, 3.05) is 18.9 Å². The van der Waals surface area contributed by atoms with E-state index in [0.717, 1.165) is 17.0 Å². The van der Waals surface area contributed by atoms with Gasteiger partial charge in [-0.05, 0) is 25.1 Å². The van der Waals surface area contributed by atoms with Crippen LogP contribution in [0.2, 0.25) is 5.02 Å². The monoisotopic (exact) mass is 375 g/mol. The molecule has 0 saturated carbocycles. The maximum absolute atomic E-state index is 12.8. The number of halogens is 4. The molecule has 0 aliphatic heterocycles. The van der Waals surface area contributed by atoms with Gasteiger partial charge in [-0.15, -0.1) is 0 Å². The number of alkyl halides is 3. The molecule has 1 N–H and O–H groups in total. The molecule has 0 bridgehead atoms. The molecule has 1 aromatic carbocycles. The number of hydrogen-bond donors (Lipinski definition) is 1. The van der Waals surface area contributed by atoms with E-state index in [4.69, 9.17) is 16.1 Å². The van der Waals surface area contributed by atoms with E-state index in [1.54, 1.807) is 6.92 Å². The van der Waals surface area contributed by atoms with Gasteiger partial charge in [0.2, 0.25) is 11.7 Å². The second-order valence-electron chi connectivity index (χ2n) is 5.23. The Labute approximate surface area is 145 Å². The second kappa shape index (κ2) is 7.14. The Kier molecular flexibility index (Phi) is 5.36. The summed E-state index contributed by atoms with van der Waals surface area (Å²) in [6.07, 6.45) is -4.64. The molecule has 134 valence electrons. The van der Waals surface area contributed by atoms with Crippen LogP contribution < -0.4 is 5.32 Å². The van der Waals surface area contributed by atoms with Crippen LogP contribution in [0.4, 0.5) is 18.9 Å². The molecule has 2 amide bonds. The van der Waals surface area contributed by atoms with Crippen molar-refractivity contribution in [3.05, 3.63) is 46.3 Å². The molecule has 0 fully saturated rings. The number of rotatable bonds is 4. The summed E-state index contributed by atoms with van der Waals surface area (Å²) in [5, 5.41) is 5.38. The number of amides is 2. The highest BCUT2D eigenvalue weighted by Crippen LogP contribution is 2.36. The molecule has 10 heteroatoms. The Morgan fingerprint density at radius 2 is 2.00 bits per heavy atom. The Morgan fingerprint density at radius 3 is 2.56 bits per heavy atom. The SMILES string of the molecule is Cc1cc(C(=O)N(C)CC(=O)Nc2ccc(Cl)c(C(F)(F)F)c2)on1. The van der Waals surface area contributed by atoms with Crippen LogP contribution >= 0.6 is 11.6 Å². The van der Waals surface area contributed by atoms with E-state index in [2.05, 4.69) is 10.5 Å². The van der Waals surface area contributed by atoms with Crippen molar-refractivity contribution >= 4 is 29.1 Å². The van der Waals surface area contributed by atoms with Gasteiger partial charge >= 0.3 is 6.18 Å². The van der Waals surface area contributed by atoms with Gasteiger partial charge in [0.25, 0.3) is 5.91 Å². The zero-order valence-electron chi connectivity index (χ0n) is 13.1. The number of nitrogens with zero attached hydrogens (tertiary/aromatic N) is 2. The Bertz CT molecular complexity index is 805. The fourth-order valence-electron chi connectivity index (χ4n) is 1.96. The predicted molar refractivity (Wildman–Crippen MR) is 83.3 cm³/mol. The quantitative estimate of drug-likeness (QED) is 0.889. The highest BCUT2D eigenvalue weighted by atomic mass is 35.5. The Hall–Kier alpha value is -2.55. The van der Waals surface area contributed by atoms with Gasteiger partial charge in [-0.2, -0.15) is 13.2 Å². The van der Waals surface area contributed by atoms with E-state index < -0.39 is 28.6 Å². The van der Waals surface area contributed by atoms with Gasteiger partial charge in [-0.1, -0.05) is 16.8 Å². The van der Waals surface area contributed by atoms with Crippen LogP contribution in [0.15, 0.2) is 28.8 Å². The van der Waals surface area contributed by atoms with Crippen molar-refractivity contribution in [3.63, 3.8) is 0 Å². The average Bonchev–Trinajstić information content (AvgIpc) is 2.93. The summed E-state index contributed by atoms with van der Waals surface area (Å²) in [5.74, 6) is -1.30. The zero-order valence-corrected chi connectivity index (χ0v) is 13.9. The molecule has 0 atom stereocenters. The lowest BCUT2D eigenvalue weighted by Crippen LogP contribution is -2.34. The number of carbonyl (C=O) groups excluding carboxylic acids is 2. The lowest BCUT2D eigenvalue weighted by molar-refractivity contribution is -0.137. The van der Waals surface area contributed by atoms with Gasteiger partial charge in [0.1, 0.15) is 0 Å². The Balaban J connectivity index is 2.04. The van der Waals surface area contributed by atoms with Crippen molar-refractivity contribution in [1.82, 2.24) is 10.1 Å². The van der Waals surface area contributed by atoms with Crippen LogP contribution in [-0.2, 0) is 11.0 Å².